The number of carbonyl (C=O) groups is 2. The molecule has 1 heterocycles. The van der Waals surface area contributed by atoms with Crippen LogP contribution in [-0.2, 0) is 9.53 Å². The Bertz CT molecular complexity index is 257. The minimum atomic E-state index is -0.932. The van der Waals surface area contributed by atoms with Crippen LogP contribution in [0.15, 0.2) is 0 Å². The second-order valence-electron chi connectivity index (χ2n) is 3.80. The van der Waals surface area contributed by atoms with Crippen molar-refractivity contribution in [1.82, 2.24) is 10.6 Å². The molecule has 3 N–H and O–H groups in total. The summed E-state index contributed by atoms with van der Waals surface area (Å²) in [7, 11) is 0. The molecule has 0 bridgehead atoms. The van der Waals surface area contributed by atoms with Crippen molar-refractivity contribution in [3.63, 3.8) is 0 Å². The number of hydrogen-bond acceptors (Lipinski definition) is 3. The molecule has 6 heteroatoms. The highest BCUT2D eigenvalue weighted by molar-refractivity contribution is 5.74. The van der Waals surface area contributed by atoms with Crippen LogP contribution >= 0.6 is 0 Å². The summed E-state index contributed by atoms with van der Waals surface area (Å²) in [4.78, 5) is 21.8. The first-order valence-electron chi connectivity index (χ1n) is 5.53. The van der Waals surface area contributed by atoms with Crippen LogP contribution in [0.3, 0.4) is 0 Å². The summed E-state index contributed by atoms with van der Waals surface area (Å²) < 4.78 is 5.24. The number of carboxylic acid groups (broad SMARTS) is 1. The Hall–Kier alpha value is -1.30. The molecule has 1 saturated heterocycles. The topological polar surface area (TPSA) is 87.7 Å². The summed E-state index contributed by atoms with van der Waals surface area (Å²) in [5.41, 5.74) is 0. The zero-order chi connectivity index (χ0) is 12.0. The lowest BCUT2D eigenvalue weighted by Gasteiger charge is -2.12. The van der Waals surface area contributed by atoms with Gasteiger partial charge in [-0.2, -0.15) is 0 Å². The number of hydrogen-bond donors (Lipinski definition) is 3. The number of carbonyl (C=O) groups excluding carboxylic acids is 1. The minimum absolute atomic E-state index is 0.187. The highest BCUT2D eigenvalue weighted by Gasteiger charge is 2.30. The van der Waals surface area contributed by atoms with Gasteiger partial charge < -0.3 is 20.5 Å². The van der Waals surface area contributed by atoms with E-state index in [9.17, 15) is 9.59 Å². The van der Waals surface area contributed by atoms with E-state index in [1.165, 1.54) is 0 Å². The van der Waals surface area contributed by atoms with Gasteiger partial charge in [0.2, 0.25) is 0 Å². The van der Waals surface area contributed by atoms with E-state index in [1.54, 1.807) is 0 Å². The zero-order valence-corrected chi connectivity index (χ0v) is 9.36. The summed E-state index contributed by atoms with van der Waals surface area (Å²) in [5.74, 6) is -0.932. The van der Waals surface area contributed by atoms with E-state index in [0.29, 0.717) is 25.9 Å². The molecule has 0 unspecified atom stereocenters. The van der Waals surface area contributed by atoms with Crippen molar-refractivity contribution in [2.45, 2.75) is 38.4 Å². The lowest BCUT2D eigenvalue weighted by atomic mass is 10.2. The molecule has 2 amide bonds. The predicted molar refractivity (Wildman–Crippen MR) is 57.2 cm³/mol. The Labute approximate surface area is 94.3 Å². The van der Waals surface area contributed by atoms with Gasteiger partial charge in [0, 0.05) is 13.1 Å². The van der Waals surface area contributed by atoms with Crippen LogP contribution in [0.25, 0.3) is 0 Å². The van der Waals surface area contributed by atoms with E-state index in [2.05, 4.69) is 10.6 Å². The fourth-order valence-electron chi connectivity index (χ4n) is 1.55. The predicted octanol–water partition coefficient (Wildman–Crippen LogP) is 0.328. The number of carboxylic acids is 1. The van der Waals surface area contributed by atoms with Gasteiger partial charge >= 0.3 is 12.0 Å². The third-order valence-electron chi connectivity index (χ3n) is 2.41. The van der Waals surface area contributed by atoms with Gasteiger partial charge in [-0.1, -0.05) is 6.92 Å². The van der Waals surface area contributed by atoms with Gasteiger partial charge in [0.25, 0.3) is 0 Å². The Kier molecular flexibility index (Phi) is 5.04. The summed E-state index contributed by atoms with van der Waals surface area (Å²) in [6.07, 6.45) is 1.16. The largest absolute Gasteiger partial charge is 0.479 e. The normalized spacial score (nSPS) is 24.1. The Balaban J connectivity index is 2.15. The van der Waals surface area contributed by atoms with Crippen molar-refractivity contribution < 1.29 is 19.4 Å². The van der Waals surface area contributed by atoms with E-state index < -0.39 is 12.1 Å². The first-order chi connectivity index (χ1) is 7.63. The molecule has 1 aliphatic heterocycles. The number of urea groups is 1. The van der Waals surface area contributed by atoms with Gasteiger partial charge in [-0.15, -0.1) is 0 Å². The van der Waals surface area contributed by atoms with Gasteiger partial charge in [0.15, 0.2) is 6.10 Å². The molecule has 1 aliphatic rings. The van der Waals surface area contributed by atoms with Crippen LogP contribution in [0.4, 0.5) is 4.79 Å². The molecule has 16 heavy (non-hydrogen) atoms. The Morgan fingerprint density at radius 2 is 2.12 bits per heavy atom. The molecule has 6 nitrogen and oxygen atoms in total. The maximum Gasteiger partial charge on any atom is 0.332 e. The molecule has 1 rings (SSSR count). The Morgan fingerprint density at radius 1 is 1.38 bits per heavy atom. The first kappa shape index (κ1) is 12.8. The van der Waals surface area contributed by atoms with Crippen molar-refractivity contribution >= 4 is 12.0 Å². The molecule has 0 aromatic carbocycles. The molecule has 0 aromatic rings. The summed E-state index contributed by atoms with van der Waals surface area (Å²) in [6, 6.07) is -0.232. The first-order valence-corrected chi connectivity index (χ1v) is 5.53. The smallest absolute Gasteiger partial charge is 0.332 e. The van der Waals surface area contributed by atoms with Crippen molar-refractivity contribution in [2.75, 3.05) is 13.1 Å². The fraction of sp³-hybridized carbons (Fsp3) is 0.800. The SMILES string of the molecule is CCCNC(=O)NC[C@H]1CC[C@@H](C(=O)O)O1. The van der Waals surface area contributed by atoms with Crippen LogP contribution in [0.5, 0.6) is 0 Å². The van der Waals surface area contributed by atoms with E-state index in [0.717, 1.165) is 6.42 Å². The van der Waals surface area contributed by atoms with E-state index in [1.807, 2.05) is 6.92 Å². The number of nitrogens with one attached hydrogen (secondary N) is 2. The maximum atomic E-state index is 11.2. The zero-order valence-electron chi connectivity index (χ0n) is 9.36. The average molecular weight is 230 g/mol. The molecule has 1 fully saturated rings. The highest BCUT2D eigenvalue weighted by atomic mass is 16.5. The van der Waals surface area contributed by atoms with Gasteiger partial charge in [-0.25, -0.2) is 9.59 Å². The molecule has 0 aromatic heterocycles. The third-order valence-corrected chi connectivity index (χ3v) is 2.41. The van der Waals surface area contributed by atoms with Gasteiger partial charge in [-0.05, 0) is 19.3 Å². The molecule has 0 aliphatic carbocycles. The van der Waals surface area contributed by atoms with E-state index in [4.69, 9.17) is 9.84 Å². The molecule has 92 valence electrons. The van der Waals surface area contributed by atoms with Crippen molar-refractivity contribution in [3.05, 3.63) is 0 Å². The van der Waals surface area contributed by atoms with Gasteiger partial charge in [0.1, 0.15) is 0 Å². The van der Waals surface area contributed by atoms with Crippen molar-refractivity contribution in [3.8, 4) is 0 Å². The van der Waals surface area contributed by atoms with Crippen molar-refractivity contribution in [1.29, 1.82) is 0 Å². The second kappa shape index (κ2) is 6.32. The average Bonchev–Trinajstić information content (AvgIpc) is 2.72. The summed E-state index contributed by atoms with van der Waals surface area (Å²) >= 11 is 0. The lowest BCUT2D eigenvalue weighted by molar-refractivity contribution is -0.149. The monoisotopic (exact) mass is 230 g/mol. The number of rotatable bonds is 5. The van der Waals surface area contributed by atoms with Crippen LogP contribution in [0.1, 0.15) is 26.2 Å². The van der Waals surface area contributed by atoms with Gasteiger partial charge in [-0.3, -0.25) is 0 Å². The van der Waals surface area contributed by atoms with E-state index in [-0.39, 0.29) is 12.1 Å². The summed E-state index contributed by atoms with van der Waals surface area (Å²) in [5, 5.41) is 14.0. The number of amides is 2. The second-order valence-corrected chi connectivity index (χ2v) is 3.80. The van der Waals surface area contributed by atoms with Crippen LogP contribution in [0, 0.1) is 0 Å². The summed E-state index contributed by atoms with van der Waals surface area (Å²) in [6.45, 7) is 2.96. The molecule has 0 spiro atoms. The molecular weight excluding hydrogens is 212 g/mol. The fourth-order valence-corrected chi connectivity index (χ4v) is 1.55. The standard InChI is InChI=1S/C10H18N2O4/c1-2-5-11-10(15)12-6-7-3-4-8(16-7)9(13)14/h7-8H,2-6H2,1H3,(H,13,14)(H2,11,12,15)/t7-,8+/m1/s1. The molecular formula is C10H18N2O4. The molecule has 0 saturated carbocycles. The lowest BCUT2D eigenvalue weighted by Crippen LogP contribution is -2.40. The van der Waals surface area contributed by atoms with Crippen molar-refractivity contribution in [2.24, 2.45) is 0 Å². The minimum Gasteiger partial charge on any atom is -0.479 e. The molecule has 2 atom stereocenters. The third kappa shape index (κ3) is 4.06. The quantitative estimate of drug-likeness (QED) is 0.635. The van der Waals surface area contributed by atoms with Crippen LogP contribution < -0.4 is 10.6 Å². The molecule has 0 radical (unpaired) electrons. The Morgan fingerprint density at radius 3 is 2.69 bits per heavy atom. The number of ether oxygens (including phenoxy) is 1. The van der Waals surface area contributed by atoms with E-state index >= 15 is 0 Å². The van der Waals surface area contributed by atoms with Crippen LogP contribution in [-0.4, -0.2) is 42.4 Å². The van der Waals surface area contributed by atoms with Crippen LogP contribution in [0.2, 0.25) is 0 Å². The maximum absolute atomic E-state index is 11.2. The van der Waals surface area contributed by atoms with Gasteiger partial charge in [0.05, 0.1) is 6.10 Å². The number of aliphatic carboxylic acids is 1. The highest BCUT2D eigenvalue weighted by Crippen LogP contribution is 2.18.